The van der Waals surface area contributed by atoms with Crippen molar-refractivity contribution < 1.29 is 14.6 Å². The number of aryl methyl sites for hydroxylation is 1. The Balaban J connectivity index is 2.36. The van der Waals surface area contributed by atoms with Gasteiger partial charge >= 0.3 is 0 Å². The van der Waals surface area contributed by atoms with Crippen molar-refractivity contribution in [1.82, 2.24) is 0 Å². The van der Waals surface area contributed by atoms with Gasteiger partial charge < -0.3 is 9.84 Å². The van der Waals surface area contributed by atoms with Gasteiger partial charge in [-0.05, 0) is 18.1 Å². The lowest BCUT2D eigenvalue weighted by Crippen LogP contribution is -2.35. The highest BCUT2D eigenvalue weighted by atomic mass is 16.5. The zero-order chi connectivity index (χ0) is 17.0. The van der Waals surface area contributed by atoms with Gasteiger partial charge in [0, 0.05) is 18.4 Å². The molecular weight excluding hydrogens is 288 g/mol. The molecule has 0 bridgehead atoms. The van der Waals surface area contributed by atoms with Crippen molar-refractivity contribution in [3.05, 3.63) is 52.8 Å². The number of ether oxygens (including phenoxy) is 1. The summed E-state index contributed by atoms with van der Waals surface area (Å²) in [5.41, 5.74) is 3.38. The number of aliphatic hydroxyl groups is 1. The van der Waals surface area contributed by atoms with Gasteiger partial charge in [-0.1, -0.05) is 56.7 Å². The van der Waals surface area contributed by atoms with Crippen LogP contribution in [0.1, 0.15) is 49.8 Å². The molecule has 1 heterocycles. The van der Waals surface area contributed by atoms with Gasteiger partial charge in [-0.3, -0.25) is 4.79 Å². The molecule has 0 amide bonds. The molecule has 0 saturated carbocycles. The lowest BCUT2D eigenvalue weighted by atomic mass is 9.82. The van der Waals surface area contributed by atoms with Crippen LogP contribution in [0.15, 0.2) is 36.1 Å². The number of hydrogen-bond donors (Lipinski definition) is 1. The van der Waals surface area contributed by atoms with E-state index in [0.29, 0.717) is 0 Å². The van der Waals surface area contributed by atoms with Crippen LogP contribution < -0.4 is 0 Å². The maximum Gasteiger partial charge on any atom is 0.165 e. The Hall–Kier alpha value is -1.87. The molecule has 0 fully saturated rings. The van der Waals surface area contributed by atoms with Crippen molar-refractivity contribution in [3.63, 3.8) is 0 Å². The minimum Gasteiger partial charge on any atom is -0.493 e. The van der Waals surface area contributed by atoms with Crippen molar-refractivity contribution >= 4 is 11.9 Å². The molecule has 3 atom stereocenters. The van der Waals surface area contributed by atoms with Crippen molar-refractivity contribution in [3.8, 4) is 0 Å². The Bertz CT molecular complexity index is 628. The van der Waals surface area contributed by atoms with Crippen molar-refractivity contribution in [2.45, 2.75) is 46.1 Å². The number of benzene rings is 1. The van der Waals surface area contributed by atoms with Crippen LogP contribution in [0.2, 0.25) is 0 Å². The average molecular weight is 314 g/mol. The van der Waals surface area contributed by atoms with Crippen LogP contribution in [0.25, 0.3) is 6.08 Å². The Morgan fingerprint density at radius 2 is 2.13 bits per heavy atom. The first-order valence-electron chi connectivity index (χ1n) is 8.27. The molecule has 3 unspecified atom stereocenters. The maximum atomic E-state index is 12.2. The van der Waals surface area contributed by atoms with E-state index in [9.17, 15) is 4.79 Å². The van der Waals surface area contributed by atoms with Crippen molar-refractivity contribution in [2.75, 3.05) is 6.61 Å². The van der Waals surface area contributed by atoms with Crippen LogP contribution in [0.5, 0.6) is 0 Å². The predicted molar refractivity (Wildman–Crippen MR) is 93.1 cm³/mol. The first-order valence-corrected chi connectivity index (χ1v) is 8.27. The second-order valence-corrected chi connectivity index (χ2v) is 6.24. The molecule has 0 aliphatic carbocycles. The van der Waals surface area contributed by atoms with E-state index in [-0.39, 0.29) is 30.3 Å². The largest absolute Gasteiger partial charge is 0.493 e. The first-order chi connectivity index (χ1) is 11.0. The summed E-state index contributed by atoms with van der Waals surface area (Å²) >= 11 is 0. The van der Waals surface area contributed by atoms with E-state index in [4.69, 9.17) is 9.84 Å². The summed E-state index contributed by atoms with van der Waals surface area (Å²) < 4.78 is 6.09. The van der Waals surface area contributed by atoms with Gasteiger partial charge in [0.2, 0.25) is 0 Å². The highest BCUT2D eigenvalue weighted by Gasteiger charge is 2.34. The number of aliphatic hydroxyl groups excluding tert-OH is 1. The molecule has 0 saturated heterocycles. The Labute approximate surface area is 138 Å². The first kappa shape index (κ1) is 17.5. The number of hydrogen-bond acceptors (Lipinski definition) is 3. The van der Waals surface area contributed by atoms with Gasteiger partial charge in [-0.2, -0.15) is 0 Å². The molecule has 1 N–H and O–H groups in total. The third-order valence-electron chi connectivity index (χ3n) is 4.51. The molecular formula is C20H26O3. The minimum absolute atomic E-state index is 0.0132. The van der Waals surface area contributed by atoms with E-state index in [1.165, 1.54) is 5.56 Å². The molecule has 2 rings (SSSR count). The molecule has 1 aromatic rings. The van der Waals surface area contributed by atoms with Gasteiger partial charge in [0.05, 0.1) is 18.3 Å². The number of ketones is 1. The minimum atomic E-state index is -0.161. The van der Waals surface area contributed by atoms with E-state index < -0.39 is 0 Å². The molecule has 23 heavy (non-hydrogen) atoms. The third-order valence-corrected chi connectivity index (χ3v) is 4.51. The molecule has 0 spiro atoms. The second kappa shape index (κ2) is 7.60. The number of allylic oxidation sites excluding steroid dienone is 2. The van der Waals surface area contributed by atoms with Gasteiger partial charge in [0.15, 0.2) is 5.78 Å². The normalized spacial score (nSPS) is 22.8. The molecule has 3 heteroatoms. The molecule has 0 aromatic heterocycles. The van der Waals surface area contributed by atoms with E-state index in [0.717, 1.165) is 23.3 Å². The summed E-state index contributed by atoms with van der Waals surface area (Å²) in [7, 11) is 0. The summed E-state index contributed by atoms with van der Waals surface area (Å²) in [5.74, 6) is 0.841. The highest BCUT2D eigenvalue weighted by molar-refractivity contribution is 5.93. The van der Waals surface area contributed by atoms with Crippen molar-refractivity contribution in [2.24, 2.45) is 5.92 Å². The fourth-order valence-electron chi connectivity index (χ4n) is 3.09. The van der Waals surface area contributed by atoms with E-state index >= 15 is 0 Å². The summed E-state index contributed by atoms with van der Waals surface area (Å²) in [6, 6.07) is 6.28. The fourth-order valence-corrected chi connectivity index (χ4v) is 3.09. The quantitative estimate of drug-likeness (QED) is 0.893. The van der Waals surface area contributed by atoms with Crippen molar-refractivity contribution in [1.29, 1.82) is 0 Å². The smallest absolute Gasteiger partial charge is 0.165 e. The lowest BCUT2D eigenvalue weighted by molar-refractivity contribution is -0.124. The summed E-state index contributed by atoms with van der Waals surface area (Å²) in [6.07, 6.45) is 5.87. The van der Waals surface area contributed by atoms with Crippen LogP contribution in [0, 0.1) is 12.8 Å². The fraction of sp³-hybridized carbons (Fsp3) is 0.450. The monoisotopic (exact) mass is 314 g/mol. The summed E-state index contributed by atoms with van der Waals surface area (Å²) in [6.45, 7) is 8.10. The van der Waals surface area contributed by atoms with Crippen LogP contribution >= 0.6 is 0 Å². The maximum absolute atomic E-state index is 12.2. The standard InChI is InChI=1S/C20H26O3/c1-5-17-12-19(22)15(4)20(23-17)14(3)18-9-8-13(2)11-16(18)7-6-10-21/h6-9,11-12,14-15,20-21H,5,10H2,1-4H3/b7-6+. The number of carbonyl (C=O) groups is 1. The van der Waals surface area contributed by atoms with Gasteiger partial charge in [0.25, 0.3) is 0 Å². The summed E-state index contributed by atoms with van der Waals surface area (Å²) in [5, 5.41) is 9.05. The molecule has 1 aliphatic heterocycles. The third kappa shape index (κ3) is 3.91. The van der Waals surface area contributed by atoms with Crippen LogP contribution in [-0.4, -0.2) is 23.6 Å². The molecule has 3 nitrogen and oxygen atoms in total. The molecule has 0 radical (unpaired) electrons. The van der Waals surface area contributed by atoms with Gasteiger partial charge in [0.1, 0.15) is 6.10 Å². The second-order valence-electron chi connectivity index (χ2n) is 6.24. The Morgan fingerprint density at radius 1 is 1.39 bits per heavy atom. The molecule has 124 valence electrons. The lowest BCUT2D eigenvalue weighted by Gasteiger charge is -2.34. The summed E-state index contributed by atoms with van der Waals surface area (Å²) in [4.78, 5) is 12.2. The van der Waals surface area contributed by atoms with Crippen LogP contribution in [-0.2, 0) is 9.53 Å². The highest BCUT2D eigenvalue weighted by Crippen LogP contribution is 2.35. The van der Waals surface area contributed by atoms with Gasteiger partial charge in [-0.25, -0.2) is 0 Å². The van der Waals surface area contributed by atoms with Gasteiger partial charge in [-0.15, -0.1) is 0 Å². The SMILES string of the molecule is CCC1=CC(=O)C(C)C(C(C)c2ccc(C)cc2/C=C/CO)O1. The van der Waals surface area contributed by atoms with E-state index in [1.807, 2.05) is 26.8 Å². The van der Waals surface area contributed by atoms with E-state index in [2.05, 4.69) is 25.1 Å². The molecule has 1 aliphatic rings. The molecule has 1 aromatic carbocycles. The zero-order valence-electron chi connectivity index (χ0n) is 14.4. The average Bonchev–Trinajstić information content (AvgIpc) is 2.54. The number of carbonyl (C=O) groups excluding carboxylic acids is 1. The van der Waals surface area contributed by atoms with Crippen LogP contribution in [0.3, 0.4) is 0 Å². The zero-order valence-corrected chi connectivity index (χ0v) is 14.4. The van der Waals surface area contributed by atoms with Crippen LogP contribution in [0.4, 0.5) is 0 Å². The Kier molecular flexibility index (Phi) is 5.78. The topological polar surface area (TPSA) is 46.5 Å². The Morgan fingerprint density at radius 3 is 2.78 bits per heavy atom. The predicted octanol–water partition coefficient (Wildman–Crippen LogP) is 4.00. The van der Waals surface area contributed by atoms with E-state index in [1.54, 1.807) is 12.2 Å². The number of rotatable bonds is 5.